The zero-order valence-corrected chi connectivity index (χ0v) is 10.8. The molecule has 2 rings (SSSR count). The summed E-state index contributed by atoms with van der Waals surface area (Å²) >= 11 is 2.87. The summed E-state index contributed by atoms with van der Waals surface area (Å²) in [5.41, 5.74) is -1.28. The van der Waals surface area contributed by atoms with Crippen molar-refractivity contribution < 1.29 is 18.3 Å². The van der Waals surface area contributed by atoms with Crippen LogP contribution < -0.4 is 0 Å². The van der Waals surface area contributed by atoms with Crippen molar-refractivity contribution in [2.75, 3.05) is 6.61 Å². The number of Topliss-reactive ketones (excluding diaryl/α,β-unsaturated/α-hetero) is 1. The molecule has 1 unspecified atom stereocenters. The minimum absolute atomic E-state index is 0.00374. The van der Waals surface area contributed by atoms with Gasteiger partial charge in [-0.1, -0.05) is 0 Å². The average Bonchev–Trinajstić information content (AvgIpc) is 2.71. The quantitative estimate of drug-likeness (QED) is 0.618. The van der Waals surface area contributed by atoms with Crippen molar-refractivity contribution >= 4 is 21.7 Å². The van der Waals surface area contributed by atoms with Crippen molar-refractivity contribution in [1.82, 2.24) is 0 Å². The molecule has 1 aromatic rings. The molecule has 0 amide bonds. The van der Waals surface area contributed by atoms with Crippen LogP contribution in [0.4, 0.5) is 8.78 Å². The van der Waals surface area contributed by atoms with Gasteiger partial charge in [0.05, 0.1) is 10.0 Å². The van der Waals surface area contributed by atoms with Crippen LogP contribution in [0.3, 0.4) is 0 Å². The highest BCUT2D eigenvalue weighted by Gasteiger charge is 2.39. The number of hydrogen-bond acceptors (Lipinski definition) is 2. The molecule has 1 heterocycles. The van der Waals surface area contributed by atoms with Crippen molar-refractivity contribution in [3.63, 3.8) is 0 Å². The van der Waals surface area contributed by atoms with Crippen LogP contribution in [0.25, 0.3) is 0 Å². The third-order valence-electron chi connectivity index (χ3n) is 2.95. The molecule has 1 aliphatic rings. The molecule has 0 aromatic heterocycles. The van der Waals surface area contributed by atoms with E-state index in [4.69, 9.17) is 4.74 Å². The highest BCUT2D eigenvalue weighted by Crippen LogP contribution is 2.31. The largest absolute Gasteiger partial charge is 0.367 e. The number of ether oxygens (including phenoxy) is 1. The third-order valence-corrected chi connectivity index (χ3v) is 3.56. The van der Waals surface area contributed by atoms with Crippen LogP contribution in [0.2, 0.25) is 0 Å². The molecule has 2 nitrogen and oxygen atoms in total. The van der Waals surface area contributed by atoms with Gasteiger partial charge < -0.3 is 4.74 Å². The van der Waals surface area contributed by atoms with Crippen LogP contribution in [0, 0.1) is 11.6 Å². The first-order valence-corrected chi connectivity index (χ1v) is 6.07. The van der Waals surface area contributed by atoms with Gasteiger partial charge in [-0.15, -0.1) is 0 Å². The molecule has 1 atom stereocenters. The summed E-state index contributed by atoms with van der Waals surface area (Å²) in [7, 11) is 0. The van der Waals surface area contributed by atoms with E-state index < -0.39 is 23.0 Å². The highest BCUT2D eigenvalue weighted by molar-refractivity contribution is 9.10. The normalized spacial score (nSPS) is 24.0. The number of halogens is 3. The molecular formula is C12H11BrF2O2. The summed E-state index contributed by atoms with van der Waals surface area (Å²) in [6, 6.07) is 1.87. The first-order chi connectivity index (χ1) is 7.94. The SMILES string of the molecule is CC1(C(=O)c2cc(F)c(Br)cc2F)CCCO1. The van der Waals surface area contributed by atoms with Gasteiger partial charge in [-0.25, -0.2) is 8.78 Å². The molecule has 0 spiro atoms. The van der Waals surface area contributed by atoms with E-state index in [9.17, 15) is 13.6 Å². The molecule has 0 aliphatic carbocycles. The fourth-order valence-corrected chi connectivity index (χ4v) is 2.26. The lowest BCUT2D eigenvalue weighted by atomic mass is 9.92. The van der Waals surface area contributed by atoms with Gasteiger partial charge in [-0.3, -0.25) is 4.79 Å². The Morgan fingerprint density at radius 2 is 2.12 bits per heavy atom. The number of rotatable bonds is 2. The zero-order valence-electron chi connectivity index (χ0n) is 9.23. The highest BCUT2D eigenvalue weighted by atomic mass is 79.9. The molecule has 1 aliphatic heterocycles. The Morgan fingerprint density at radius 3 is 2.71 bits per heavy atom. The summed E-state index contributed by atoms with van der Waals surface area (Å²) in [5, 5.41) is 0. The van der Waals surface area contributed by atoms with Crippen LogP contribution in [0.15, 0.2) is 16.6 Å². The van der Waals surface area contributed by atoms with Gasteiger partial charge in [0.25, 0.3) is 0 Å². The molecule has 17 heavy (non-hydrogen) atoms. The zero-order chi connectivity index (χ0) is 12.6. The van der Waals surface area contributed by atoms with E-state index in [1.807, 2.05) is 0 Å². The fraction of sp³-hybridized carbons (Fsp3) is 0.417. The molecule has 0 N–H and O–H groups in total. The summed E-state index contributed by atoms with van der Waals surface area (Å²) in [6.45, 7) is 2.09. The molecule has 5 heteroatoms. The van der Waals surface area contributed by atoms with Crippen LogP contribution in [-0.4, -0.2) is 18.0 Å². The number of benzene rings is 1. The molecular weight excluding hydrogens is 294 g/mol. The molecule has 1 aromatic carbocycles. The molecule has 1 saturated heterocycles. The summed E-state index contributed by atoms with van der Waals surface area (Å²) in [6.07, 6.45) is 1.28. The summed E-state index contributed by atoms with van der Waals surface area (Å²) in [5.74, 6) is -1.89. The topological polar surface area (TPSA) is 26.3 Å². The molecule has 0 saturated carbocycles. The number of hydrogen-bond donors (Lipinski definition) is 0. The minimum Gasteiger partial charge on any atom is -0.367 e. The Labute approximate surface area is 106 Å². The fourth-order valence-electron chi connectivity index (χ4n) is 1.94. The Balaban J connectivity index is 2.40. The second-order valence-corrected chi connectivity index (χ2v) is 5.11. The lowest BCUT2D eigenvalue weighted by Gasteiger charge is -2.21. The van der Waals surface area contributed by atoms with Crippen LogP contribution in [-0.2, 0) is 4.74 Å². The van der Waals surface area contributed by atoms with E-state index in [-0.39, 0.29) is 10.0 Å². The average molecular weight is 305 g/mol. The van der Waals surface area contributed by atoms with E-state index in [1.54, 1.807) is 6.92 Å². The monoisotopic (exact) mass is 304 g/mol. The molecule has 0 radical (unpaired) electrons. The van der Waals surface area contributed by atoms with Crippen LogP contribution >= 0.6 is 15.9 Å². The van der Waals surface area contributed by atoms with Gasteiger partial charge >= 0.3 is 0 Å². The first-order valence-electron chi connectivity index (χ1n) is 5.27. The Bertz CT molecular complexity index is 468. The maximum Gasteiger partial charge on any atom is 0.197 e. The second kappa shape index (κ2) is 4.46. The van der Waals surface area contributed by atoms with Crippen molar-refractivity contribution in [1.29, 1.82) is 0 Å². The van der Waals surface area contributed by atoms with Crippen molar-refractivity contribution in [3.05, 3.63) is 33.8 Å². The predicted octanol–water partition coefficient (Wildman–Crippen LogP) is 3.48. The van der Waals surface area contributed by atoms with E-state index in [0.29, 0.717) is 13.0 Å². The Hall–Kier alpha value is -0.810. The minimum atomic E-state index is -1.03. The number of carbonyl (C=O) groups is 1. The predicted molar refractivity (Wildman–Crippen MR) is 62.0 cm³/mol. The Kier molecular flexibility index (Phi) is 3.32. The van der Waals surface area contributed by atoms with Gasteiger partial charge in [0.15, 0.2) is 5.78 Å². The lowest BCUT2D eigenvalue weighted by Crippen LogP contribution is -2.35. The van der Waals surface area contributed by atoms with Gasteiger partial charge in [0.1, 0.15) is 17.2 Å². The third kappa shape index (κ3) is 2.26. The van der Waals surface area contributed by atoms with Crippen LogP contribution in [0.1, 0.15) is 30.1 Å². The Morgan fingerprint density at radius 1 is 1.41 bits per heavy atom. The van der Waals surface area contributed by atoms with Crippen molar-refractivity contribution in [3.8, 4) is 0 Å². The molecule has 0 bridgehead atoms. The van der Waals surface area contributed by atoms with E-state index in [2.05, 4.69) is 15.9 Å². The number of carbonyl (C=O) groups excluding carboxylic acids is 1. The van der Waals surface area contributed by atoms with E-state index in [1.165, 1.54) is 0 Å². The number of ketones is 1. The summed E-state index contributed by atoms with van der Waals surface area (Å²) < 4.78 is 32.3. The lowest BCUT2D eigenvalue weighted by molar-refractivity contribution is 0.0209. The summed E-state index contributed by atoms with van der Waals surface area (Å²) in [4.78, 5) is 12.1. The van der Waals surface area contributed by atoms with Crippen molar-refractivity contribution in [2.45, 2.75) is 25.4 Å². The van der Waals surface area contributed by atoms with Gasteiger partial charge in [-0.05, 0) is 47.8 Å². The maximum absolute atomic E-state index is 13.6. The smallest absolute Gasteiger partial charge is 0.197 e. The van der Waals surface area contributed by atoms with Crippen molar-refractivity contribution in [2.24, 2.45) is 0 Å². The van der Waals surface area contributed by atoms with E-state index >= 15 is 0 Å². The van der Waals surface area contributed by atoms with Crippen LogP contribution in [0.5, 0.6) is 0 Å². The van der Waals surface area contributed by atoms with Gasteiger partial charge in [-0.2, -0.15) is 0 Å². The molecule has 92 valence electrons. The van der Waals surface area contributed by atoms with E-state index in [0.717, 1.165) is 18.6 Å². The van der Waals surface area contributed by atoms with Gasteiger partial charge in [0, 0.05) is 6.61 Å². The first kappa shape index (κ1) is 12.6. The van der Waals surface area contributed by atoms with Gasteiger partial charge in [0.2, 0.25) is 0 Å². The molecule has 1 fully saturated rings. The second-order valence-electron chi connectivity index (χ2n) is 4.26. The maximum atomic E-state index is 13.6. The standard InChI is InChI=1S/C12H11BrF2O2/c1-12(3-2-4-17-12)11(16)7-5-10(15)8(13)6-9(7)14/h5-6H,2-4H2,1H3.